The van der Waals surface area contributed by atoms with Gasteiger partial charge in [0, 0.05) is 88.0 Å². The Morgan fingerprint density at radius 1 is 0.397 bits per heavy atom. The van der Waals surface area contributed by atoms with Crippen LogP contribution in [0.25, 0.3) is 0 Å². The Hall–Kier alpha value is -4.98. The molecular formula is C50H92N6O12. The van der Waals surface area contributed by atoms with Gasteiger partial charge in [-0.05, 0) is 74.9 Å². The minimum absolute atomic E-state index is 0.0380. The molecule has 2 unspecified atom stereocenters. The summed E-state index contributed by atoms with van der Waals surface area (Å²) in [5.41, 5.74) is 2.36. The molecule has 6 amide bonds. The van der Waals surface area contributed by atoms with Gasteiger partial charge in [-0.15, -0.1) is 0 Å². The maximum Gasteiger partial charge on any atom is 0.254 e. The Kier molecular flexibility index (Phi) is 41.2. The van der Waals surface area contributed by atoms with Crippen molar-refractivity contribution < 1.29 is 59.4 Å². The minimum Gasteiger partial charge on any atom is -0.394 e. The van der Waals surface area contributed by atoms with Crippen molar-refractivity contribution in [1.29, 1.82) is 0 Å². The summed E-state index contributed by atoms with van der Waals surface area (Å²) in [6.45, 7) is 30.0. The van der Waals surface area contributed by atoms with Crippen molar-refractivity contribution in [2.45, 2.75) is 137 Å². The highest BCUT2D eigenvalue weighted by Crippen LogP contribution is 2.35. The lowest BCUT2D eigenvalue weighted by molar-refractivity contribution is -0.119. The summed E-state index contributed by atoms with van der Waals surface area (Å²) in [5, 5.41) is 62.6. The average molecular weight is 969 g/mol. The zero-order valence-corrected chi connectivity index (χ0v) is 45.7. The number of aliphatic hydroxyl groups excluding tert-OH is 6. The highest BCUT2D eigenvalue weighted by Gasteiger charge is 2.32. The highest BCUT2D eigenvalue weighted by atomic mass is 16.3. The standard InChI is InChI=1S/C38H56N6O12.6C2H6/c1-19-29(21(3)33(39-27(51)17-47)23(5)31(19)37(55)43(9)13-25(49)15-45)35(53)41(7)11-12-42(8)36(54)30-20(2)32(38(56)44(10)14-26(50)16-46)24(6)34(22(30)4)40-28(52)18-48;6*1-2/h25-26,45-50H,11-18H2,1-10H3,(H,39,51)(H,40,52);6*1-2H3. The molecule has 0 bridgehead atoms. The van der Waals surface area contributed by atoms with Crippen molar-refractivity contribution >= 4 is 46.8 Å². The van der Waals surface area contributed by atoms with E-state index in [9.17, 15) is 59.4 Å². The first-order valence-electron chi connectivity index (χ1n) is 23.8. The van der Waals surface area contributed by atoms with Crippen molar-refractivity contribution in [2.75, 3.05) is 91.4 Å². The predicted molar refractivity (Wildman–Crippen MR) is 275 cm³/mol. The van der Waals surface area contributed by atoms with E-state index >= 15 is 0 Å². The van der Waals surface area contributed by atoms with Gasteiger partial charge in [0.25, 0.3) is 23.6 Å². The summed E-state index contributed by atoms with van der Waals surface area (Å²) >= 11 is 0. The number of likely N-dealkylation sites (N-methyl/N-ethyl adjacent to an activating group) is 4. The molecule has 8 N–H and O–H groups in total. The van der Waals surface area contributed by atoms with Gasteiger partial charge in [0.05, 0.1) is 25.4 Å². The number of amides is 6. The molecule has 0 saturated heterocycles. The maximum atomic E-state index is 14.2. The number of anilines is 2. The maximum absolute atomic E-state index is 14.2. The zero-order chi connectivity index (χ0) is 54.9. The Morgan fingerprint density at radius 2 is 0.603 bits per heavy atom. The van der Waals surface area contributed by atoms with Crippen LogP contribution in [0.1, 0.15) is 158 Å². The summed E-state index contributed by atoms with van der Waals surface area (Å²) in [7, 11) is 5.78. The molecule has 0 aromatic heterocycles. The van der Waals surface area contributed by atoms with Crippen LogP contribution in [0.2, 0.25) is 0 Å². The van der Waals surface area contributed by atoms with E-state index in [1.807, 2.05) is 83.1 Å². The molecule has 68 heavy (non-hydrogen) atoms. The fraction of sp³-hybridized carbons (Fsp3) is 0.640. The molecule has 2 atom stereocenters. The Balaban J connectivity index is -0.00000102. The number of nitrogens with zero attached hydrogens (tertiary/aromatic N) is 4. The van der Waals surface area contributed by atoms with Crippen LogP contribution in [0, 0.1) is 41.5 Å². The number of aliphatic hydroxyl groups is 6. The van der Waals surface area contributed by atoms with E-state index in [1.165, 1.54) is 47.8 Å². The van der Waals surface area contributed by atoms with Gasteiger partial charge < -0.3 is 60.9 Å². The van der Waals surface area contributed by atoms with Crippen molar-refractivity contribution in [3.05, 3.63) is 55.6 Å². The number of hydrogen-bond acceptors (Lipinski definition) is 12. The largest absolute Gasteiger partial charge is 0.394 e. The van der Waals surface area contributed by atoms with Crippen LogP contribution in [0.5, 0.6) is 0 Å². The quantitative estimate of drug-likeness (QED) is 0.101. The summed E-state index contributed by atoms with van der Waals surface area (Å²) < 4.78 is 0. The average Bonchev–Trinajstić information content (AvgIpc) is 3.36. The van der Waals surface area contributed by atoms with Gasteiger partial charge in [-0.1, -0.05) is 83.1 Å². The van der Waals surface area contributed by atoms with E-state index in [2.05, 4.69) is 10.6 Å². The van der Waals surface area contributed by atoms with Crippen LogP contribution < -0.4 is 10.6 Å². The van der Waals surface area contributed by atoms with Gasteiger partial charge in [-0.3, -0.25) is 28.8 Å². The van der Waals surface area contributed by atoms with E-state index in [0.29, 0.717) is 22.3 Å². The van der Waals surface area contributed by atoms with Crippen molar-refractivity contribution in [1.82, 2.24) is 19.6 Å². The van der Waals surface area contributed by atoms with Crippen LogP contribution in [-0.4, -0.2) is 179 Å². The normalized spacial score (nSPS) is 10.5. The van der Waals surface area contributed by atoms with Crippen molar-refractivity contribution in [3.8, 4) is 0 Å². The molecule has 0 heterocycles. The van der Waals surface area contributed by atoms with Gasteiger partial charge in [0.15, 0.2) is 0 Å². The molecular weight excluding hydrogens is 877 g/mol. The van der Waals surface area contributed by atoms with Crippen molar-refractivity contribution in [3.63, 3.8) is 0 Å². The van der Waals surface area contributed by atoms with E-state index in [-0.39, 0.29) is 70.9 Å². The third kappa shape index (κ3) is 20.3. The number of rotatable bonds is 17. The second kappa shape index (κ2) is 38.9. The van der Waals surface area contributed by atoms with Crippen LogP contribution in [0.3, 0.4) is 0 Å². The Labute approximate surface area is 408 Å². The first-order chi connectivity index (χ1) is 32.1. The molecule has 18 heteroatoms. The zero-order valence-electron chi connectivity index (χ0n) is 45.7. The summed E-state index contributed by atoms with van der Waals surface area (Å²) in [4.78, 5) is 85.3. The van der Waals surface area contributed by atoms with E-state index in [1.54, 1.807) is 41.5 Å². The first-order valence-corrected chi connectivity index (χ1v) is 23.8. The van der Waals surface area contributed by atoms with Crippen LogP contribution >= 0.6 is 0 Å². The Morgan fingerprint density at radius 3 is 0.794 bits per heavy atom. The third-order valence-electron chi connectivity index (χ3n) is 9.72. The van der Waals surface area contributed by atoms with E-state index < -0.39 is 74.1 Å². The molecule has 0 spiro atoms. The highest BCUT2D eigenvalue weighted by molar-refractivity contribution is 6.09. The molecule has 2 aromatic carbocycles. The molecule has 2 aromatic rings. The first kappa shape index (κ1) is 72.0. The minimum atomic E-state index is -1.23. The van der Waals surface area contributed by atoms with Gasteiger partial charge >= 0.3 is 0 Å². The van der Waals surface area contributed by atoms with Gasteiger partial charge in [-0.2, -0.15) is 0 Å². The fourth-order valence-corrected chi connectivity index (χ4v) is 6.63. The third-order valence-corrected chi connectivity index (χ3v) is 9.72. The summed E-state index contributed by atoms with van der Waals surface area (Å²) in [6, 6.07) is 0. The topological polar surface area (TPSA) is 261 Å². The number of benzene rings is 2. The molecule has 394 valence electrons. The van der Waals surface area contributed by atoms with E-state index in [4.69, 9.17) is 0 Å². The molecule has 2 rings (SSSR count). The second-order valence-electron chi connectivity index (χ2n) is 13.9. The fourth-order valence-electron chi connectivity index (χ4n) is 6.63. The molecule has 0 aliphatic rings. The number of hydrogen-bond donors (Lipinski definition) is 8. The molecule has 0 radical (unpaired) electrons. The number of carbonyl (C=O) groups is 6. The monoisotopic (exact) mass is 969 g/mol. The smallest absolute Gasteiger partial charge is 0.254 e. The number of carbonyl (C=O) groups excluding carboxylic acids is 6. The van der Waals surface area contributed by atoms with Crippen molar-refractivity contribution in [2.24, 2.45) is 0 Å². The van der Waals surface area contributed by atoms with Gasteiger partial charge in [0.1, 0.15) is 13.2 Å². The molecule has 18 nitrogen and oxygen atoms in total. The van der Waals surface area contributed by atoms with Crippen LogP contribution in [-0.2, 0) is 9.59 Å². The SMILES string of the molecule is CC.CC.CC.CC.CC.CC.Cc1c(NC(=O)CO)c(C)c(C(=O)N(C)CC(O)CO)c(C)c1C(=O)N(C)CCN(C)C(=O)c1c(C)c(NC(=O)CO)c(C)c(C(=O)N(C)CC(O)CO)c1C. The predicted octanol–water partition coefficient (Wildman–Crippen LogP) is 5.25. The lowest BCUT2D eigenvalue weighted by Gasteiger charge is -2.29. The Bertz CT molecular complexity index is 1720. The summed E-state index contributed by atoms with van der Waals surface area (Å²) in [5.74, 6) is -3.89. The molecule has 0 fully saturated rings. The lowest BCUT2D eigenvalue weighted by atomic mass is 9.89. The van der Waals surface area contributed by atoms with Crippen LogP contribution in [0.15, 0.2) is 0 Å². The molecule has 0 aliphatic carbocycles. The van der Waals surface area contributed by atoms with E-state index in [0.717, 1.165) is 0 Å². The summed E-state index contributed by atoms with van der Waals surface area (Å²) in [6.07, 6.45) is -2.46. The van der Waals surface area contributed by atoms with Crippen LogP contribution in [0.4, 0.5) is 11.4 Å². The van der Waals surface area contributed by atoms with Gasteiger partial charge in [-0.25, -0.2) is 0 Å². The number of nitrogens with one attached hydrogen (secondary N) is 2. The second-order valence-corrected chi connectivity index (χ2v) is 13.9. The lowest BCUT2D eigenvalue weighted by Crippen LogP contribution is -2.40. The molecule has 0 saturated carbocycles. The molecule has 0 aliphatic heterocycles. The van der Waals surface area contributed by atoms with Gasteiger partial charge in [0.2, 0.25) is 11.8 Å².